The van der Waals surface area contributed by atoms with E-state index in [1.54, 1.807) is 16.8 Å². The van der Waals surface area contributed by atoms with Crippen LogP contribution in [0.2, 0.25) is 0 Å². The number of rotatable bonds is 5. The van der Waals surface area contributed by atoms with Crippen LogP contribution in [0, 0.1) is 18.2 Å². The number of nitrogens with zero attached hydrogens (tertiary/aromatic N) is 6. The van der Waals surface area contributed by atoms with Crippen molar-refractivity contribution < 1.29 is 9.18 Å². The molecule has 1 saturated heterocycles. The van der Waals surface area contributed by atoms with Crippen molar-refractivity contribution >= 4 is 22.8 Å². The zero-order valence-corrected chi connectivity index (χ0v) is 20.2. The molecule has 7 nitrogen and oxygen atoms in total. The molecule has 0 unspecified atom stereocenters. The van der Waals surface area contributed by atoms with Gasteiger partial charge >= 0.3 is 0 Å². The molecule has 33 heavy (non-hydrogen) atoms. The first-order chi connectivity index (χ1) is 15.7. The molecule has 1 aliphatic heterocycles. The number of piperazine rings is 1. The molecule has 1 aromatic carbocycles. The number of hydrogen-bond acceptors (Lipinski definition) is 5. The van der Waals surface area contributed by atoms with Crippen molar-refractivity contribution in [2.24, 2.45) is 5.41 Å². The van der Waals surface area contributed by atoms with Crippen molar-refractivity contribution in [2.75, 3.05) is 31.1 Å². The van der Waals surface area contributed by atoms with Crippen LogP contribution >= 0.6 is 0 Å². The molecule has 0 radical (unpaired) electrons. The minimum absolute atomic E-state index is 0.0197. The van der Waals surface area contributed by atoms with Crippen LogP contribution in [-0.4, -0.2) is 56.7 Å². The van der Waals surface area contributed by atoms with E-state index in [2.05, 4.69) is 32.6 Å². The van der Waals surface area contributed by atoms with E-state index in [1.807, 2.05) is 11.8 Å². The number of halogens is 1. The van der Waals surface area contributed by atoms with Crippen LogP contribution in [0.3, 0.4) is 0 Å². The van der Waals surface area contributed by atoms with Crippen LogP contribution in [0.15, 0.2) is 24.3 Å². The van der Waals surface area contributed by atoms with Gasteiger partial charge in [0.15, 0.2) is 5.65 Å². The summed E-state index contributed by atoms with van der Waals surface area (Å²) in [7, 11) is 0. The minimum atomic E-state index is -0.284. The zero-order chi connectivity index (χ0) is 23.8. The number of carbonyl (C=O) groups is 1. The van der Waals surface area contributed by atoms with E-state index in [4.69, 9.17) is 15.1 Å². The fourth-order valence-corrected chi connectivity index (χ4v) is 4.27. The van der Waals surface area contributed by atoms with Gasteiger partial charge in [-0.3, -0.25) is 4.79 Å². The lowest BCUT2D eigenvalue weighted by Gasteiger charge is -2.36. The number of aromatic nitrogens is 4. The Morgan fingerprint density at radius 1 is 1.06 bits per heavy atom. The fraction of sp³-hybridized carbons (Fsp3) is 0.520. The predicted molar refractivity (Wildman–Crippen MR) is 128 cm³/mol. The van der Waals surface area contributed by atoms with Crippen LogP contribution in [0.4, 0.5) is 10.2 Å². The molecule has 1 aliphatic rings. The highest BCUT2D eigenvalue weighted by Gasteiger charge is 2.28. The normalized spacial score (nSPS) is 14.8. The van der Waals surface area contributed by atoms with E-state index in [0.717, 1.165) is 46.9 Å². The molecule has 4 rings (SSSR count). The minimum Gasteiger partial charge on any atom is -0.352 e. The van der Waals surface area contributed by atoms with E-state index in [-0.39, 0.29) is 17.1 Å². The maximum Gasteiger partial charge on any atom is 0.223 e. The standard InChI is InChI=1S/C25H33FN6O/c1-6-7-20-27-23(31-14-12-30(13-15-31)21(33)16-25(3,4)5)22-17(2)29-32(24(22)28-20)19-10-8-18(26)9-11-19/h8-11H,6-7,12-16H2,1-5H3. The number of carbonyl (C=O) groups excluding carboxylic acids is 1. The van der Waals surface area contributed by atoms with Crippen LogP contribution in [0.1, 0.15) is 52.1 Å². The Kier molecular flexibility index (Phi) is 6.36. The first kappa shape index (κ1) is 23.1. The summed E-state index contributed by atoms with van der Waals surface area (Å²) in [4.78, 5) is 26.6. The van der Waals surface area contributed by atoms with Crippen LogP contribution in [0.25, 0.3) is 16.7 Å². The van der Waals surface area contributed by atoms with Crippen molar-refractivity contribution in [2.45, 2.75) is 53.9 Å². The lowest BCUT2D eigenvalue weighted by atomic mass is 9.91. The van der Waals surface area contributed by atoms with Gasteiger partial charge in [0.05, 0.1) is 16.8 Å². The van der Waals surface area contributed by atoms with Crippen LogP contribution < -0.4 is 4.90 Å². The number of hydrogen-bond donors (Lipinski definition) is 0. The zero-order valence-electron chi connectivity index (χ0n) is 20.2. The maximum absolute atomic E-state index is 13.5. The lowest BCUT2D eigenvalue weighted by Crippen LogP contribution is -2.49. The SMILES string of the molecule is CCCc1nc(N2CCN(C(=O)CC(C)(C)C)CC2)c2c(C)nn(-c3ccc(F)cc3)c2n1. The molecule has 1 amide bonds. The number of fused-ring (bicyclic) bond motifs is 1. The van der Waals surface area contributed by atoms with Gasteiger partial charge in [0, 0.05) is 39.0 Å². The molecule has 0 bridgehead atoms. The van der Waals surface area contributed by atoms with Crippen molar-refractivity contribution in [3.63, 3.8) is 0 Å². The topological polar surface area (TPSA) is 67.2 Å². The molecular formula is C25H33FN6O. The van der Waals surface area contributed by atoms with Gasteiger partial charge in [0.1, 0.15) is 17.5 Å². The molecule has 2 aromatic heterocycles. The van der Waals surface area contributed by atoms with Gasteiger partial charge in [-0.1, -0.05) is 27.7 Å². The van der Waals surface area contributed by atoms with E-state index in [9.17, 15) is 9.18 Å². The summed E-state index contributed by atoms with van der Waals surface area (Å²) in [6, 6.07) is 6.28. The summed E-state index contributed by atoms with van der Waals surface area (Å²) in [5.74, 6) is 1.57. The van der Waals surface area contributed by atoms with Gasteiger partial charge in [-0.05, 0) is 43.0 Å². The average Bonchev–Trinajstić information content (AvgIpc) is 3.09. The van der Waals surface area contributed by atoms with Gasteiger partial charge in [-0.2, -0.15) is 5.10 Å². The monoisotopic (exact) mass is 452 g/mol. The second kappa shape index (κ2) is 9.08. The number of anilines is 1. The summed E-state index contributed by atoms with van der Waals surface area (Å²) >= 11 is 0. The highest BCUT2D eigenvalue weighted by molar-refractivity contribution is 5.91. The van der Waals surface area contributed by atoms with E-state index in [1.165, 1.54) is 12.1 Å². The Bertz CT molecular complexity index is 1140. The second-order valence-electron chi connectivity index (χ2n) is 9.99. The van der Waals surface area contributed by atoms with Crippen molar-refractivity contribution in [3.8, 4) is 5.69 Å². The number of benzene rings is 1. The van der Waals surface area contributed by atoms with E-state index >= 15 is 0 Å². The van der Waals surface area contributed by atoms with Crippen LogP contribution in [-0.2, 0) is 11.2 Å². The van der Waals surface area contributed by atoms with Gasteiger partial charge < -0.3 is 9.80 Å². The van der Waals surface area contributed by atoms with Crippen molar-refractivity contribution in [3.05, 3.63) is 41.6 Å². The van der Waals surface area contributed by atoms with Crippen molar-refractivity contribution in [1.82, 2.24) is 24.6 Å². The summed E-state index contributed by atoms with van der Waals surface area (Å²) in [6.07, 6.45) is 2.25. The molecule has 8 heteroatoms. The summed E-state index contributed by atoms with van der Waals surface area (Å²) in [5, 5.41) is 5.64. The Morgan fingerprint density at radius 3 is 2.33 bits per heavy atom. The van der Waals surface area contributed by atoms with Gasteiger partial charge in [-0.15, -0.1) is 0 Å². The quantitative estimate of drug-likeness (QED) is 0.577. The molecule has 176 valence electrons. The molecule has 0 aliphatic carbocycles. The molecule has 3 heterocycles. The summed E-state index contributed by atoms with van der Waals surface area (Å²) < 4.78 is 15.3. The average molecular weight is 453 g/mol. The van der Waals surface area contributed by atoms with Crippen LogP contribution in [0.5, 0.6) is 0 Å². The molecule has 1 fully saturated rings. The predicted octanol–water partition coefficient (Wildman–Crippen LogP) is 4.30. The highest BCUT2D eigenvalue weighted by atomic mass is 19.1. The molecule has 0 atom stereocenters. The Labute approximate surface area is 194 Å². The first-order valence-electron chi connectivity index (χ1n) is 11.7. The maximum atomic E-state index is 13.5. The van der Waals surface area contributed by atoms with Gasteiger partial charge in [0.2, 0.25) is 5.91 Å². The highest BCUT2D eigenvalue weighted by Crippen LogP contribution is 2.30. The Morgan fingerprint density at radius 2 is 1.73 bits per heavy atom. The van der Waals surface area contributed by atoms with E-state index in [0.29, 0.717) is 32.6 Å². The molecular weight excluding hydrogens is 419 g/mol. The second-order valence-corrected chi connectivity index (χ2v) is 9.99. The van der Waals surface area contributed by atoms with Gasteiger partial charge in [-0.25, -0.2) is 19.0 Å². The first-order valence-corrected chi connectivity index (χ1v) is 11.7. The van der Waals surface area contributed by atoms with Crippen molar-refractivity contribution in [1.29, 1.82) is 0 Å². The molecule has 0 spiro atoms. The van der Waals surface area contributed by atoms with E-state index < -0.39 is 0 Å². The smallest absolute Gasteiger partial charge is 0.223 e. The Balaban J connectivity index is 1.68. The third kappa shape index (κ3) is 4.99. The third-order valence-electron chi connectivity index (χ3n) is 5.89. The number of aryl methyl sites for hydroxylation is 2. The lowest BCUT2D eigenvalue weighted by molar-refractivity contribution is -0.133. The summed E-state index contributed by atoms with van der Waals surface area (Å²) in [5.41, 5.74) is 2.31. The molecule has 3 aromatic rings. The third-order valence-corrected chi connectivity index (χ3v) is 5.89. The molecule has 0 saturated carbocycles. The summed E-state index contributed by atoms with van der Waals surface area (Å²) in [6.45, 7) is 13.1. The molecule has 0 N–H and O–H groups in total. The fourth-order valence-electron chi connectivity index (χ4n) is 4.27. The van der Waals surface area contributed by atoms with Gasteiger partial charge in [0.25, 0.3) is 0 Å². The number of amides is 1. The Hall–Kier alpha value is -3.03. The largest absolute Gasteiger partial charge is 0.352 e.